The molecule has 0 heterocycles. The Balaban J connectivity index is 1.93. The molecule has 0 saturated heterocycles. The number of carbonyl (C=O) groups is 3. The molecule has 2 rings (SSSR count). The van der Waals surface area contributed by atoms with E-state index in [0.717, 1.165) is 5.56 Å². The van der Waals surface area contributed by atoms with Crippen molar-refractivity contribution in [3.8, 4) is 0 Å². The quantitative estimate of drug-likeness (QED) is 0.544. The monoisotopic (exact) mass is 415 g/mol. The van der Waals surface area contributed by atoms with E-state index in [9.17, 15) is 14.4 Å². The summed E-state index contributed by atoms with van der Waals surface area (Å²) in [5, 5.41) is 7.95. The average molecular weight is 416 g/mol. The van der Waals surface area contributed by atoms with Crippen LogP contribution in [0.15, 0.2) is 53.4 Å². The Kier molecular flexibility index (Phi) is 7.67. The maximum atomic E-state index is 12.4. The van der Waals surface area contributed by atoms with E-state index in [1.54, 1.807) is 63.2 Å². The number of ether oxygens (including phenoxy) is 1. The van der Waals surface area contributed by atoms with Gasteiger partial charge in [0.2, 0.25) is 5.91 Å². The fourth-order valence-corrected chi connectivity index (χ4v) is 2.66. The van der Waals surface area contributed by atoms with Gasteiger partial charge in [0.05, 0.1) is 5.56 Å². The van der Waals surface area contributed by atoms with Crippen molar-refractivity contribution in [1.82, 2.24) is 10.6 Å². The number of thiol groups is 1. The third-order valence-corrected chi connectivity index (χ3v) is 4.06. The van der Waals surface area contributed by atoms with Crippen LogP contribution in [0.4, 0.5) is 10.5 Å². The van der Waals surface area contributed by atoms with E-state index < -0.39 is 17.6 Å². The van der Waals surface area contributed by atoms with Gasteiger partial charge in [-0.3, -0.25) is 9.59 Å². The van der Waals surface area contributed by atoms with Gasteiger partial charge in [-0.15, -0.1) is 12.6 Å². The van der Waals surface area contributed by atoms with Crippen LogP contribution in [0, 0.1) is 0 Å². The summed E-state index contributed by atoms with van der Waals surface area (Å²) in [5.74, 6) is -0.668. The molecule has 0 atom stereocenters. The number of amides is 3. The lowest BCUT2D eigenvalue weighted by atomic mass is 10.1. The molecule has 3 amide bonds. The summed E-state index contributed by atoms with van der Waals surface area (Å²) in [7, 11) is 0. The van der Waals surface area contributed by atoms with Crippen LogP contribution < -0.4 is 16.0 Å². The molecule has 0 bridgehead atoms. The number of rotatable bonds is 6. The first-order valence-electron chi connectivity index (χ1n) is 9.06. The van der Waals surface area contributed by atoms with E-state index >= 15 is 0 Å². The highest BCUT2D eigenvalue weighted by Gasteiger charge is 2.17. The van der Waals surface area contributed by atoms with Crippen molar-refractivity contribution >= 4 is 36.2 Å². The summed E-state index contributed by atoms with van der Waals surface area (Å²) in [6.07, 6.45) is -0.668. The molecule has 0 aromatic heterocycles. The molecular formula is C21H25N3O4S. The second-order valence-electron chi connectivity index (χ2n) is 7.26. The van der Waals surface area contributed by atoms with Gasteiger partial charge in [-0.05, 0) is 44.5 Å². The largest absolute Gasteiger partial charge is 0.444 e. The van der Waals surface area contributed by atoms with Crippen molar-refractivity contribution in [2.45, 2.75) is 37.8 Å². The summed E-state index contributed by atoms with van der Waals surface area (Å²) in [5.41, 5.74) is 1.10. The van der Waals surface area contributed by atoms with Crippen molar-refractivity contribution in [2.75, 3.05) is 11.9 Å². The second-order valence-corrected chi connectivity index (χ2v) is 7.74. The van der Waals surface area contributed by atoms with Gasteiger partial charge in [-0.1, -0.05) is 30.3 Å². The maximum absolute atomic E-state index is 12.4. The minimum atomic E-state index is -0.668. The Morgan fingerprint density at radius 3 is 2.31 bits per heavy atom. The summed E-state index contributed by atoms with van der Waals surface area (Å²) in [4.78, 5) is 36.8. The number of anilines is 1. The molecule has 0 spiro atoms. The number of carbonyl (C=O) groups excluding carboxylic acids is 3. The van der Waals surface area contributed by atoms with Crippen molar-refractivity contribution in [1.29, 1.82) is 0 Å². The maximum Gasteiger partial charge on any atom is 0.408 e. The van der Waals surface area contributed by atoms with E-state index in [0.29, 0.717) is 16.1 Å². The Morgan fingerprint density at radius 1 is 0.966 bits per heavy atom. The molecule has 3 N–H and O–H groups in total. The molecule has 8 heteroatoms. The highest BCUT2D eigenvalue weighted by Crippen LogP contribution is 2.16. The molecule has 154 valence electrons. The first-order chi connectivity index (χ1) is 13.7. The molecule has 2 aromatic rings. The van der Waals surface area contributed by atoms with Gasteiger partial charge in [0, 0.05) is 17.1 Å². The van der Waals surface area contributed by atoms with E-state index in [2.05, 4.69) is 28.6 Å². The highest BCUT2D eigenvalue weighted by atomic mass is 32.1. The van der Waals surface area contributed by atoms with Crippen LogP contribution in [0.1, 0.15) is 36.7 Å². The minimum absolute atomic E-state index is 0.219. The Hall–Kier alpha value is -3.00. The van der Waals surface area contributed by atoms with E-state index in [-0.39, 0.29) is 19.0 Å². The zero-order chi connectivity index (χ0) is 21.4. The van der Waals surface area contributed by atoms with Crippen LogP contribution >= 0.6 is 12.6 Å². The lowest BCUT2D eigenvalue weighted by Crippen LogP contribution is -2.37. The SMILES string of the molecule is CC(C)(C)OC(=O)NCC(=O)Nc1ccccc1CNC(=O)c1ccccc1S. The van der Waals surface area contributed by atoms with Gasteiger partial charge in [0.1, 0.15) is 12.1 Å². The lowest BCUT2D eigenvalue weighted by molar-refractivity contribution is -0.115. The van der Waals surface area contributed by atoms with Crippen molar-refractivity contribution in [3.63, 3.8) is 0 Å². The number of para-hydroxylation sites is 1. The van der Waals surface area contributed by atoms with Crippen molar-refractivity contribution in [3.05, 3.63) is 59.7 Å². The molecule has 29 heavy (non-hydrogen) atoms. The molecular weight excluding hydrogens is 390 g/mol. The van der Waals surface area contributed by atoms with Gasteiger partial charge in [0.15, 0.2) is 0 Å². The molecule has 0 fully saturated rings. The smallest absolute Gasteiger partial charge is 0.408 e. The standard InChI is InChI=1S/C21H25N3O4S/c1-21(2,3)28-20(27)23-13-18(25)24-16-10-6-4-8-14(16)12-22-19(26)15-9-5-7-11-17(15)29/h4-11,29H,12-13H2,1-3H3,(H,22,26)(H,23,27)(H,24,25). The number of benzene rings is 2. The first kappa shape index (κ1) is 22.3. The Morgan fingerprint density at radius 2 is 1.62 bits per heavy atom. The van der Waals surface area contributed by atoms with Crippen LogP contribution in [0.2, 0.25) is 0 Å². The highest BCUT2D eigenvalue weighted by molar-refractivity contribution is 7.80. The molecule has 2 aromatic carbocycles. The van der Waals surface area contributed by atoms with Gasteiger partial charge in [-0.2, -0.15) is 0 Å². The molecule has 0 saturated carbocycles. The fourth-order valence-electron chi connectivity index (χ4n) is 2.39. The van der Waals surface area contributed by atoms with E-state index in [1.165, 1.54) is 0 Å². The minimum Gasteiger partial charge on any atom is -0.444 e. The van der Waals surface area contributed by atoms with Gasteiger partial charge in [0.25, 0.3) is 5.91 Å². The Bertz CT molecular complexity index is 893. The normalized spacial score (nSPS) is 10.8. The van der Waals surface area contributed by atoms with Gasteiger partial charge >= 0.3 is 6.09 Å². The third kappa shape index (κ3) is 7.50. The van der Waals surface area contributed by atoms with Crippen LogP contribution in [0.3, 0.4) is 0 Å². The number of hydrogen-bond donors (Lipinski definition) is 4. The van der Waals surface area contributed by atoms with Crippen LogP contribution in [-0.2, 0) is 16.1 Å². The zero-order valence-electron chi connectivity index (χ0n) is 16.6. The topological polar surface area (TPSA) is 96.5 Å². The molecule has 0 aliphatic carbocycles. The summed E-state index contributed by atoms with van der Waals surface area (Å²) < 4.78 is 5.09. The summed E-state index contributed by atoms with van der Waals surface area (Å²) in [6, 6.07) is 14.1. The molecule has 0 aliphatic heterocycles. The lowest BCUT2D eigenvalue weighted by Gasteiger charge is -2.19. The fraction of sp³-hybridized carbons (Fsp3) is 0.286. The Labute approximate surface area is 175 Å². The summed E-state index contributed by atoms with van der Waals surface area (Å²) >= 11 is 4.29. The molecule has 7 nitrogen and oxygen atoms in total. The molecule has 0 unspecified atom stereocenters. The second kappa shape index (κ2) is 9.97. The average Bonchev–Trinajstić information content (AvgIpc) is 2.64. The van der Waals surface area contributed by atoms with Crippen LogP contribution in [0.25, 0.3) is 0 Å². The predicted molar refractivity (Wildman–Crippen MR) is 114 cm³/mol. The first-order valence-corrected chi connectivity index (χ1v) is 9.51. The zero-order valence-corrected chi connectivity index (χ0v) is 17.5. The van der Waals surface area contributed by atoms with Crippen LogP contribution in [0.5, 0.6) is 0 Å². The molecule has 0 aliphatic rings. The number of hydrogen-bond acceptors (Lipinski definition) is 5. The van der Waals surface area contributed by atoms with Gasteiger partial charge < -0.3 is 20.7 Å². The predicted octanol–water partition coefficient (Wildman–Crippen LogP) is 3.37. The van der Waals surface area contributed by atoms with E-state index in [1.807, 2.05) is 6.07 Å². The van der Waals surface area contributed by atoms with Crippen LogP contribution in [-0.4, -0.2) is 30.1 Å². The van der Waals surface area contributed by atoms with Crippen molar-refractivity contribution in [2.24, 2.45) is 0 Å². The number of nitrogens with one attached hydrogen (secondary N) is 3. The number of alkyl carbamates (subject to hydrolysis) is 1. The van der Waals surface area contributed by atoms with Gasteiger partial charge in [-0.25, -0.2) is 4.79 Å². The summed E-state index contributed by atoms with van der Waals surface area (Å²) in [6.45, 7) is 5.20. The third-order valence-electron chi connectivity index (χ3n) is 3.67. The van der Waals surface area contributed by atoms with Crippen molar-refractivity contribution < 1.29 is 19.1 Å². The molecule has 0 radical (unpaired) electrons. The van der Waals surface area contributed by atoms with E-state index in [4.69, 9.17) is 4.74 Å².